The van der Waals surface area contributed by atoms with E-state index in [4.69, 9.17) is 0 Å². The summed E-state index contributed by atoms with van der Waals surface area (Å²) in [5.41, 5.74) is 1.92. The van der Waals surface area contributed by atoms with Crippen LogP contribution in [0.1, 0.15) is 50.7 Å². The summed E-state index contributed by atoms with van der Waals surface area (Å²) >= 11 is 0. The van der Waals surface area contributed by atoms with Crippen molar-refractivity contribution in [1.29, 1.82) is 0 Å². The van der Waals surface area contributed by atoms with Gasteiger partial charge in [0.2, 0.25) is 0 Å². The molecule has 2 aromatic rings. The van der Waals surface area contributed by atoms with Crippen molar-refractivity contribution >= 4 is 20.9 Å². The predicted molar refractivity (Wildman–Crippen MR) is 89.1 cm³/mol. The quantitative estimate of drug-likeness (QED) is 0.565. The second kappa shape index (κ2) is 9.19. The zero-order valence-corrected chi connectivity index (χ0v) is 17.1. The van der Waals surface area contributed by atoms with Crippen LogP contribution < -0.4 is 29.6 Å². The molecule has 0 aliphatic rings. The van der Waals surface area contributed by atoms with Gasteiger partial charge in [-0.3, -0.25) is 0 Å². The molecule has 0 amide bonds. The zero-order chi connectivity index (χ0) is 16.2. The number of hydrogen-bond acceptors (Lipinski definition) is 3. The largest absolute Gasteiger partial charge is 1.00 e. The Morgan fingerprint density at radius 1 is 0.913 bits per heavy atom. The maximum Gasteiger partial charge on any atom is 1.00 e. The van der Waals surface area contributed by atoms with Gasteiger partial charge in [-0.2, -0.15) is 0 Å². The number of benzene rings is 2. The van der Waals surface area contributed by atoms with Gasteiger partial charge in [0, 0.05) is 0 Å². The monoisotopic (exact) mass is 342 g/mol. The molecule has 0 saturated carbocycles. The molecular weight excluding hydrogens is 319 g/mol. The molecule has 23 heavy (non-hydrogen) atoms. The molecule has 0 bridgehead atoms. The van der Waals surface area contributed by atoms with Gasteiger partial charge in [0.05, 0.1) is 4.90 Å². The molecule has 0 spiro atoms. The second-order valence-corrected chi connectivity index (χ2v) is 7.06. The van der Waals surface area contributed by atoms with Gasteiger partial charge in [-0.05, 0) is 53.6 Å². The van der Waals surface area contributed by atoms with Crippen molar-refractivity contribution < 1.29 is 42.5 Å². The number of aryl methyl sites for hydroxylation is 2. The van der Waals surface area contributed by atoms with E-state index in [9.17, 15) is 13.0 Å². The summed E-state index contributed by atoms with van der Waals surface area (Å²) in [4.78, 5) is -0.0545. The van der Waals surface area contributed by atoms with E-state index >= 15 is 0 Å². The summed E-state index contributed by atoms with van der Waals surface area (Å²) < 4.78 is 34.7. The molecule has 2 rings (SSSR count). The van der Waals surface area contributed by atoms with Crippen LogP contribution in [0.5, 0.6) is 0 Å². The Labute approximate surface area is 161 Å². The zero-order valence-electron chi connectivity index (χ0n) is 14.3. The van der Waals surface area contributed by atoms with Crippen molar-refractivity contribution in [2.75, 3.05) is 0 Å². The second-order valence-electron chi connectivity index (χ2n) is 5.72. The van der Waals surface area contributed by atoms with Gasteiger partial charge in [-0.1, -0.05) is 51.0 Å². The Kier molecular flexibility index (Phi) is 8.25. The molecule has 0 aliphatic heterocycles. The van der Waals surface area contributed by atoms with Crippen LogP contribution in [0, 0.1) is 0 Å². The van der Waals surface area contributed by atoms with Crippen LogP contribution in [0.2, 0.25) is 0 Å². The minimum absolute atomic E-state index is 0. The van der Waals surface area contributed by atoms with Crippen LogP contribution in [-0.2, 0) is 23.0 Å². The first-order valence-corrected chi connectivity index (χ1v) is 9.39. The third-order valence-electron chi connectivity index (χ3n) is 4.07. The molecule has 0 N–H and O–H groups in total. The van der Waals surface area contributed by atoms with Crippen LogP contribution in [0.4, 0.5) is 0 Å². The van der Waals surface area contributed by atoms with Gasteiger partial charge in [0.1, 0.15) is 10.1 Å². The van der Waals surface area contributed by atoms with Gasteiger partial charge in [0.25, 0.3) is 0 Å². The van der Waals surface area contributed by atoms with Crippen LogP contribution in [0.25, 0.3) is 10.8 Å². The van der Waals surface area contributed by atoms with Crippen LogP contribution in [0.3, 0.4) is 0 Å². The van der Waals surface area contributed by atoms with E-state index in [0.29, 0.717) is 12.0 Å². The Morgan fingerprint density at radius 2 is 1.57 bits per heavy atom. The molecular formula is C18H23NaO3S. The van der Waals surface area contributed by atoms with E-state index in [1.807, 2.05) is 12.1 Å². The van der Waals surface area contributed by atoms with E-state index in [1.165, 1.54) is 11.6 Å². The maximum absolute atomic E-state index is 11.6. The minimum Gasteiger partial charge on any atom is -0.744 e. The molecule has 0 atom stereocenters. The molecule has 0 saturated heterocycles. The van der Waals surface area contributed by atoms with Gasteiger partial charge in [-0.15, -0.1) is 0 Å². The molecule has 2 aromatic carbocycles. The Morgan fingerprint density at radius 3 is 2.17 bits per heavy atom. The number of rotatable bonds is 7. The van der Waals surface area contributed by atoms with Gasteiger partial charge < -0.3 is 4.55 Å². The standard InChI is InChI=1S/C18H24O3S.Na/c1-3-5-8-14-9-7-11-16-15(14)12-13-18(22(19,20)21)17(16)10-6-4-2;/h7,9,11-13H,3-6,8,10H2,1-2H3,(H,19,20,21);/q;+1/p-1. The number of fused-ring (bicyclic) bond motifs is 1. The van der Waals surface area contributed by atoms with Crippen LogP contribution >= 0.6 is 0 Å². The van der Waals surface area contributed by atoms with Crippen molar-refractivity contribution in [3.05, 3.63) is 41.5 Å². The average Bonchev–Trinajstić information content (AvgIpc) is 2.49. The van der Waals surface area contributed by atoms with Crippen LogP contribution in [0.15, 0.2) is 35.2 Å². The van der Waals surface area contributed by atoms with E-state index < -0.39 is 10.1 Å². The molecule has 0 heterocycles. The summed E-state index contributed by atoms with van der Waals surface area (Å²) in [6.07, 6.45) is 5.66. The normalized spacial score (nSPS) is 11.4. The van der Waals surface area contributed by atoms with Gasteiger partial charge >= 0.3 is 29.6 Å². The molecule has 120 valence electrons. The minimum atomic E-state index is -4.44. The summed E-state index contributed by atoms with van der Waals surface area (Å²) in [7, 11) is -4.44. The van der Waals surface area contributed by atoms with Crippen molar-refractivity contribution in [1.82, 2.24) is 0 Å². The summed E-state index contributed by atoms with van der Waals surface area (Å²) in [5, 5.41) is 1.99. The molecule has 3 nitrogen and oxygen atoms in total. The maximum atomic E-state index is 11.6. The summed E-state index contributed by atoms with van der Waals surface area (Å²) in [6, 6.07) is 9.27. The third kappa shape index (κ3) is 5.04. The number of hydrogen-bond donors (Lipinski definition) is 0. The van der Waals surface area contributed by atoms with Crippen molar-refractivity contribution in [3.8, 4) is 0 Å². The van der Waals surface area contributed by atoms with E-state index in [2.05, 4.69) is 19.9 Å². The van der Waals surface area contributed by atoms with E-state index in [0.717, 1.165) is 42.9 Å². The van der Waals surface area contributed by atoms with Gasteiger partial charge in [-0.25, -0.2) is 8.42 Å². The Hall–Kier alpha value is -0.390. The van der Waals surface area contributed by atoms with Gasteiger partial charge in [0.15, 0.2) is 0 Å². The Bertz CT molecular complexity index is 754. The molecule has 0 aromatic heterocycles. The van der Waals surface area contributed by atoms with E-state index in [1.54, 1.807) is 6.07 Å². The fourth-order valence-electron chi connectivity index (χ4n) is 2.90. The fourth-order valence-corrected chi connectivity index (χ4v) is 3.64. The topological polar surface area (TPSA) is 57.2 Å². The first-order chi connectivity index (χ1) is 10.5. The predicted octanol–water partition coefficient (Wildman–Crippen LogP) is 1.43. The average molecular weight is 342 g/mol. The summed E-state index contributed by atoms with van der Waals surface area (Å²) in [6.45, 7) is 4.21. The molecule has 0 radical (unpaired) electrons. The molecule has 0 fully saturated rings. The third-order valence-corrected chi connectivity index (χ3v) is 4.99. The van der Waals surface area contributed by atoms with Crippen molar-refractivity contribution in [2.24, 2.45) is 0 Å². The Balaban J connectivity index is 0.00000264. The fraction of sp³-hybridized carbons (Fsp3) is 0.444. The SMILES string of the molecule is CCCCc1cccc2c(CCCC)c(S(=O)(=O)[O-])ccc12.[Na+]. The first kappa shape index (κ1) is 20.7. The van der Waals surface area contributed by atoms with E-state index in [-0.39, 0.29) is 34.5 Å². The molecule has 5 heteroatoms. The van der Waals surface area contributed by atoms with Crippen molar-refractivity contribution in [3.63, 3.8) is 0 Å². The number of unbranched alkanes of at least 4 members (excludes halogenated alkanes) is 2. The smallest absolute Gasteiger partial charge is 0.744 e. The summed E-state index contributed by atoms with van der Waals surface area (Å²) in [5.74, 6) is 0. The van der Waals surface area contributed by atoms with Crippen LogP contribution in [-0.4, -0.2) is 13.0 Å². The molecule has 0 unspecified atom stereocenters. The molecule has 0 aliphatic carbocycles. The van der Waals surface area contributed by atoms with Crippen molar-refractivity contribution in [2.45, 2.75) is 57.3 Å². The first-order valence-electron chi connectivity index (χ1n) is 7.98.